The van der Waals surface area contributed by atoms with Crippen LogP contribution < -0.4 is 26.2 Å². The molecule has 1 aromatic carbocycles. The molecular weight excluding hydrogens is 346 g/mol. The molecule has 9 heteroatoms. The molecule has 3 amide bonds. The fourth-order valence-electron chi connectivity index (χ4n) is 3.43. The van der Waals surface area contributed by atoms with Crippen LogP contribution in [0.15, 0.2) is 48.8 Å². The van der Waals surface area contributed by atoms with Crippen LogP contribution in [0.2, 0.25) is 0 Å². The van der Waals surface area contributed by atoms with E-state index in [1.54, 1.807) is 18.3 Å². The zero-order valence-corrected chi connectivity index (χ0v) is 14.8. The highest BCUT2D eigenvalue weighted by Crippen LogP contribution is 2.22. The zero-order valence-electron chi connectivity index (χ0n) is 14.8. The molecule has 3 atom stereocenters. The number of carbonyl (C=O) groups is 2. The Kier molecular flexibility index (Phi) is 5.14. The van der Waals surface area contributed by atoms with Gasteiger partial charge in [-0.15, -0.1) is 0 Å². The molecule has 0 radical (unpaired) electrons. The van der Waals surface area contributed by atoms with Crippen LogP contribution in [0.25, 0.3) is 0 Å². The molecule has 2 aromatic rings. The van der Waals surface area contributed by atoms with Crippen molar-refractivity contribution >= 4 is 17.6 Å². The van der Waals surface area contributed by atoms with E-state index in [1.807, 2.05) is 35.1 Å². The molecule has 27 heavy (non-hydrogen) atoms. The van der Waals surface area contributed by atoms with Gasteiger partial charge in [0.05, 0.1) is 17.8 Å². The molecule has 0 saturated carbocycles. The predicted octanol–water partition coefficient (Wildman–Crippen LogP) is 0.0379. The average molecular weight is 369 g/mol. The number of hydrogen-bond acceptors (Lipinski definition) is 6. The lowest BCUT2D eigenvalue weighted by atomic mass is 9.99. The largest absolute Gasteiger partial charge is 0.330 e. The minimum Gasteiger partial charge on any atom is -0.321 e. The Morgan fingerprint density at radius 1 is 1.19 bits per heavy atom. The predicted molar refractivity (Wildman–Crippen MR) is 99.5 cm³/mol. The second-order valence-corrected chi connectivity index (χ2v) is 6.63. The highest BCUT2D eigenvalue weighted by Gasteiger charge is 2.44. The minimum absolute atomic E-state index is 0.166. The first-order valence-electron chi connectivity index (χ1n) is 9.12. The zero-order chi connectivity index (χ0) is 18.6. The van der Waals surface area contributed by atoms with Crippen LogP contribution in [0.4, 0.5) is 10.5 Å². The van der Waals surface area contributed by atoms with Crippen LogP contribution in [0.3, 0.4) is 0 Å². The van der Waals surface area contributed by atoms with Crippen LogP contribution >= 0.6 is 0 Å². The number of rotatable bonds is 6. The van der Waals surface area contributed by atoms with E-state index < -0.39 is 12.2 Å². The SMILES string of the molecule is O=C1NC2NC(NCCCn3cccn3)NCC2C(=O)N1c1ccccc1. The lowest BCUT2D eigenvalue weighted by molar-refractivity contribution is -0.124. The molecule has 0 spiro atoms. The maximum absolute atomic E-state index is 12.8. The van der Waals surface area contributed by atoms with Crippen molar-refractivity contribution in [1.29, 1.82) is 0 Å². The first-order valence-corrected chi connectivity index (χ1v) is 9.12. The lowest BCUT2D eigenvalue weighted by Crippen LogP contribution is -2.74. The summed E-state index contributed by atoms with van der Waals surface area (Å²) >= 11 is 0. The quantitative estimate of drug-likeness (QED) is 0.536. The molecule has 2 fully saturated rings. The standard InChI is InChI=1S/C18H23N7O2/c26-16-14-12-20-17(19-8-4-10-24-11-5-9-21-24)22-15(14)23-18(27)25(16)13-6-2-1-3-7-13/h1-3,5-7,9,11,14-15,17,19-20,22H,4,8,10,12H2,(H,23,27). The van der Waals surface area contributed by atoms with Gasteiger partial charge in [0.15, 0.2) is 0 Å². The molecule has 9 nitrogen and oxygen atoms in total. The number of imide groups is 1. The summed E-state index contributed by atoms with van der Waals surface area (Å²) in [4.78, 5) is 26.5. The smallest absolute Gasteiger partial charge is 0.321 e. The second kappa shape index (κ2) is 7.87. The molecule has 2 saturated heterocycles. The van der Waals surface area contributed by atoms with E-state index >= 15 is 0 Å². The number of amides is 3. The number of carbonyl (C=O) groups excluding carboxylic acids is 2. The first-order chi connectivity index (χ1) is 13.2. The van der Waals surface area contributed by atoms with Crippen molar-refractivity contribution in [2.24, 2.45) is 5.92 Å². The fraction of sp³-hybridized carbons (Fsp3) is 0.389. The van der Waals surface area contributed by atoms with Gasteiger partial charge in [0, 0.05) is 25.5 Å². The molecule has 4 rings (SSSR count). The van der Waals surface area contributed by atoms with E-state index in [0.29, 0.717) is 12.2 Å². The van der Waals surface area contributed by atoms with Crippen molar-refractivity contribution in [2.75, 3.05) is 18.0 Å². The molecule has 2 aliphatic heterocycles. The highest BCUT2D eigenvalue weighted by atomic mass is 16.2. The van der Waals surface area contributed by atoms with E-state index in [4.69, 9.17) is 0 Å². The maximum atomic E-state index is 12.8. The molecule has 0 aliphatic carbocycles. The van der Waals surface area contributed by atoms with Gasteiger partial charge in [-0.2, -0.15) is 5.10 Å². The van der Waals surface area contributed by atoms with E-state index in [0.717, 1.165) is 19.5 Å². The lowest BCUT2D eigenvalue weighted by Gasteiger charge is -2.43. The van der Waals surface area contributed by atoms with Gasteiger partial charge in [0.2, 0.25) is 5.91 Å². The van der Waals surface area contributed by atoms with Gasteiger partial charge < -0.3 is 5.32 Å². The Labute approximate surface area is 157 Å². The summed E-state index contributed by atoms with van der Waals surface area (Å²) in [5, 5.41) is 17.0. The number of anilines is 1. The van der Waals surface area contributed by atoms with Crippen molar-refractivity contribution in [1.82, 2.24) is 31.0 Å². The number of para-hydroxylation sites is 1. The third kappa shape index (κ3) is 3.85. The third-order valence-electron chi connectivity index (χ3n) is 4.80. The van der Waals surface area contributed by atoms with Gasteiger partial charge in [-0.25, -0.2) is 9.69 Å². The van der Waals surface area contributed by atoms with Crippen molar-refractivity contribution in [2.45, 2.75) is 25.4 Å². The molecule has 1 aromatic heterocycles. The van der Waals surface area contributed by atoms with Crippen LogP contribution in [0.1, 0.15) is 6.42 Å². The molecule has 2 aliphatic rings. The summed E-state index contributed by atoms with van der Waals surface area (Å²) in [5.41, 5.74) is 0.581. The van der Waals surface area contributed by atoms with Crippen LogP contribution in [0, 0.1) is 5.92 Å². The summed E-state index contributed by atoms with van der Waals surface area (Å²) in [6.07, 6.45) is 4.06. The Bertz CT molecular complexity index is 780. The van der Waals surface area contributed by atoms with Crippen LogP contribution in [-0.4, -0.2) is 47.3 Å². The van der Waals surface area contributed by atoms with Crippen LogP contribution in [-0.2, 0) is 11.3 Å². The molecule has 4 N–H and O–H groups in total. The first kappa shape index (κ1) is 17.7. The van der Waals surface area contributed by atoms with Gasteiger partial charge >= 0.3 is 6.03 Å². The Morgan fingerprint density at radius 2 is 2.04 bits per heavy atom. The van der Waals surface area contributed by atoms with Gasteiger partial charge in [-0.1, -0.05) is 18.2 Å². The van der Waals surface area contributed by atoms with E-state index in [9.17, 15) is 9.59 Å². The van der Waals surface area contributed by atoms with Gasteiger partial charge in [0.25, 0.3) is 0 Å². The molecule has 3 unspecified atom stereocenters. The van der Waals surface area contributed by atoms with Crippen molar-refractivity contribution in [3.8, 4) is 0 Å². The van der Waals surface area contributed by atoms with Crippen LogP contribution in [0.5, 0.6) is 0 Å². The number of benzene rings is 1. The van der Waals surface area contributed by atoms with Gasteiger partial charge in [-0.05, 0) is 31.2 Å². The summed E-state index contributed by atoms with van der Waals surface area (Å²) < 4.78 is 1.89. The Balaban J connectivity index is 1.31. The Hall–Kier alpha value is -2.75. The summed E-state index contributed by atoms with van der Waals surface area (Å²) in [7, 11) is 0. The van der Waals surface area contributed by atoms with Crippen molar-refractivity contribution in [3.05, 3.63) is 48.8 Å². The number of nitrogens with zero attached hydrogens (tertiary/aromatic N) is 3. The number of fused-ring (bicyclic) bond motifs is 1. The summed E-state index contributed by atoms with van der Waals surface area (Å²) in [5.74, 6) is -0.558. The fourth-order valence-corrected chi connectivity index (χ4v) is 3.43. The second-order valence-electron chi connectivity index (χ2n) is 6.63. The number of nitrogens with one attached hydrogen (secondary N) is 4. The van der Waals surface area contributed by atoms with E-state index in [-0.39, 0.29) is 18.1 Å². The average Bonchev–Trinajstić information content (AvgIpc) is 3.19. The number of aryl methyl sites for hydroxylation is 1. The topological polar surface area (TPSA) is 103 Å². The van der Waals surface area contributed by atoms with Gasteiger partial charge in [0.1, 0.15) is 6.29 Å². The number of hydrogen-bond donors (Lipinski definition) is 4. The maximum Gasteiger partial charge on any atom is 0.330 e. The van der Waals surface area contributed by atoms with E-state index in [2.05, 4.69) is 26.4 Å². The normalized spacial score (nSPS) is 25.2. The van der Waals surface area contributed by atoms with E-state index in [1.165, 1.54) is 4.90 Å². The van der Waals surface area contributed by atoms with Crippen molar-refractivity contribution in [3.63, 3.8) is 0 Å². The molecule has 3 heterocycles. The van der Waals surface area contributed by atoms with Crippen molar-refractivity contribution < 1.29 is 9.59 Å². The highest BCUT2D eigenvalue weighted by molar-refractivity contribution is 6.17. The summed E-state index contributed by atoms with van der Waals surface area (Å²) in [6.45, 7) is 2.09. The molecule has 0 bridgehead atoms. The minimum atomic E-state index is -0.403. The Morgan fingerprint density at radius 3 is 2.81 bits per heavy atom. The monoisotopic (exact) mass is 369 g/mol. The molecule has 142 valence electrons. The third-order valence-corrected chi connectivity index (χ3v) is 4.80. The molecular formula is C18H23N7O2. The number of urea groups is 1. The van der Waals surface area contributed by atoms with Gasteiger partial charge in [-0.3, -0.25) is 25.4 Å². The number of aromatic nitrogens is 2. The summed E-state index contributed by atoms with van der Waals surface area (Å²) in [6, 6.07) is 10.5.